The molecular formula is C14H21N3. The molecule has 92 valence electrons. The number of hydrogen-bond donors (Lipinski definition) is 2. The van der Waals surface area contributed by atoms with E-state index in [2.05, 4.69) is 61.4 Å². The van der Waals surface area contributed by atoms with Gasteiger partial charge in [0.25, 0.3) is 0 Å². The predicted molar refractivity (Wildman–Crippen MR) is 71.6 cm³/mol. The third-order valence-corrected chi connectivity index (χ3v) is 3.40. The van der Waals surface area contributed by atoms with Crippen molar-refractivity contribution in [3.05, 3.63) is 28.4 Å². The first kappa shape index (κ1) is 12.0. The van der Waals surface area contributed by atoms with Crippen LogP contribution < -0.4 is 15.9 Å². The fraction of sp³-hybridized carbons (Fsp3) is 0.500. The molecule has 1 heterocycles. The number of aromatic nitrogens is 2. The molecule has 1 aliphatic carbocycles. The zero-order chi connectivity index (χ0) is 12.4. The minimum absolute atomic E-state index is 0.471. The van der Waals surface area contributed by atoms with Crippen molar-refractivity contribution in [1.82, 2.24) is 15.5 Å². The molecule has 1 aromatic heterocycles. The summed E-state index contributed by atoms with van der Waals surface area (Å²) in [6, 6.07) is 0.471. The number of hydrogen-bond acceptors (Lipinski definition) is 2. The average molecular weight is 231 g/mol. The molecule has 0 saturated carbocycles. The summed E-state index contributed by atoms with van der Waals surface area (Å²) in [6.45, 7) is 8.75. The van der Waals surface area contributed by atoms with Crippen LogP contribution in [-0.4, -0.2) is 16.2 Å². The van der Waals surface area contributed by atoms with Crippen LogP contribution in [0, 0.1) is 12.8 Å². The fourth-order valence-corrected chi connectivity index (χ4v) is 1.98. The third kappa shape index (κ3) is 2.43. The summed E-state index contributed by atoms with van der Waals surface area (Å²) in [6.07, 6.45) is 7.30. The first-order chi connectivity index (χ1) is 8.09. The van der Waals surface area contributed by atoms with Gasteiger partial charge in [0.15, 0.2) is 0 Å². The van der Waals surface area contributed by atoms with E-state index in [0.717, 1.165) is 17.5 Å². The molecule has 0 radical (unpaired) electrons. The molecule has 0 aliphatic heterocycles. The second-order valence-corrected chi connectivity index (χ2v) is 5.05. The van der Waals surface area contributed by atoms with E-state index in [4.69, 9.17) is 0 Å². The van der Waals surface area contributed by atoms with E-state index in [1.807, 2.05) is 0 Å². The number of allylic oxidation sites excluding steroid dienone is 1. The maximum Gasteiger partial charge on any atom is 0.0687 e. The van der Waals surface area contributed by atoms with E-state index < -0.39 is 0 Å². The molecular weight excluding hydrogens is 210 g/mol. The molecule has 17 heavy (non-hydrogen) atoms. The van der Waals surface area contributed by atoms with Crippen molar-refractivity contribution in [3.8, 4) is 0 Å². The minimum atomic E-state index is 0.471. The highest BCUT2D eigenvalue weighted by Gasteiger charge is 2.11. The van der Waals surface area contributed by atoms with Crippen LogP contribution >= 0.6 is 0 Å². The van der Waals surface area contributed by atoms with Crippen molar-refractivity contribution in [2.45, 2.75) is 40.2 Å². The van der Waals surface area contributed by atoms with Gasteiger partial charge < -0.3 is 5.32 Å². The molecule has 3 heteroatoms. The van der Waals surface area contributed by atoms with Gasteiger partial charge in [-0.2, -0.15) is 5.10 Å². The standard InChI is InChI=1S/C14H21N3/c1-9(2)10(3)15-12-7-5-6-8-13-14(12)11(4)16-17-13/h5-6,8-10,15,17H,7H2,1-4H3. The lowest BCUT2D eigenvalue weighted by Gasteiger charge is -2.20. The Kier molecular flexibility index (Phi) is 3.36. The van der Waals surface area contributed by atoms with Gasteiger partial charge in [-0.3, -0.25) is 5.10 Å². The Morgan fingerprint density at radius 1 is 1.35 bits per heavy atom. The van der Waals surface area contributed by atoms with Gasteiger partial charge in [-0.25, -0.2) is 0 Å². The van der Waals surface area contributed by atoms with Gasteiger partial charge >= 0.3 is 0 Å². The monoisotopic (exact) mass is 231 g/mol. The van der Waals surface area contributed by atoms with Crippen molar-refractivity contribution in [2.24, 2.45) is 5.92 Å². The number of rotatable bonds is 3. The third-order valence-electron chi connectivity index (χ3n) is 3.40. The molecule has 1 atom stereocenters. The number of nitrogens with zero attached hydrogens (tertiary/aromatic N) is 1. The molecule has 0 bridgehead atoms. The molecule has 1 unspecified atom stereocenters. The first-order valence-corrected chi connectivity index (χ1v) is 6.27. The van der Waals surface area contributed by atoms with Crippen molar-refractivity contribution in [3.63, 3.8) is 0 Å². The van der Waals surface area contributed by atoms with E-state index in [1.54, 1.807) is 0 Å². The van der Waals surface area contributed by atoms with Crippen molar-refractivity contribution < 1.29 is 0 Å². The van der Waals surface area contributed by atoms with Crippen LogP contribution in [-0.2, 0) is 0 Å². The Bertz CT molecular complexity index is 534. The Labute approximate surface area is 102 Å². The number of nitrogens with one attached hydrogen (secondary N) is 2. The predicted octanol–water partition coefficient (Wildman–Crippen LogP) is 1.20. The molecule has 0 amide bonds. The van der Waals surface area contributed by atoms with E-state index in [-0.39, 0.29) is 0 Å². The Balaban J connectivity index is 2.47. The smallest absolute Gasteiger partial charge is 0.0687 e. The summed E-state index contributed by atoms with van der Waals surface area (Å²) < 4.78 is 0. The average Bonchev–Trinajstić information content (AvgIpc) is 2.53. The highest BCUT2D eigenvalue weighted by molar-refractivity contribution is 5.52. The number of H-pyrrole nitrogens is 1. The molecule has 2 rings (SSSR count). The van der Waals surface area contributed by atoms with Gasteiger partial charge in [0.2, 0.25) is 0 Å². The summed E-state index contributed by atoms with van der Waals surface area (Å²) in [5.41, 5.74) is 2.34. The Morgan fingerprint density at radius 2 is 2.12 bits per heavy atom. The van der Waals surface area contributed by atoms with Crippen molar-refractivity contribution in [1.29, 1.82) is 0 Å². The SMILES string of the molecule is Cc1n[nH]c2c1=C(NC(C)C(C)C)CC=CC=2. The summed E-state index contributed by atoms with van der Waals surface area (Å²) >= 11 is 0. The highest BCUT2D eigenvalue weighted by Crippen LogP contribution is 2.07. The lowest BCUT2D eigenvalue weighted by molar-refractivity contribution is 0.476. The number of aryl methyl sites for hydroxylation is 1. The quantitative estimate of drug-likeness (QED) is 0.820. The Morgan fingerprint density at radius 3 is 2.82 bits per heavy atom. The van der Waals surface area contributed by atoms with Crippen molar-refractivity contribution >= 4 is 11.8 Å². The first-order valence-electron chi connectivity index (χ1n) is 6.27. The maximum absolute atomic E-state index is 4.29. The van der Waals surface area contributed by atoms with Gasteiger partial charge in [-0.05, 0) is 25.8 Å². The molecule has 0 saturated heterocycles. The van der Waals surface area contributed by atoms with Crippen LogP contribution in [0.5, 0.6) is 0 Å². The molecule has 0 fully saturated rings. The van der Waals surface area contributed by atoms with Crippen LogP contribution in [0.4, 0.5) is 0 Å². The topological polar surface area (TPSA) is 40.7 Å². The molecule has 0 spiro atoms. The van der Waals surface area contributed by atoms with Gasteiger partial charge in [-0.1, -0.05) is 26.0 Å². The van der Waals surface area contributed by atoms with Crippen LogP contribution in [0.15, 0.2) is 12.2 Å². The van der Waals surface area contributed by atoms with E-state index in [1.165, 1.54) is 10.9 Å². The Hall–Kier alpha value is -1.51. The van der Waals surface area contributed by atoms with Gasteiger partial charge in [-0.15, -0.1) is 0 Å². The van der Waals surface area contributed by atoms with Crippen molar-refractivity contribution in [2.75, 3.05) is 0 Å². The van der Waals surface area contributed by atoms with Gasteiger partial charge in [0.1, 0.15) is 0 Å². The second kappa shape index (κ2) is 4.78. The zero-order valence-corrected chi connectivity index (χ0v) is 11.0. The molecule has 1 aliphatic rings. The summed E-state index contributed by atoms with van der Waals surface area (Å²) in [4.78, 5) is 0. The lowest BCUT2D eigenvalue weighted by Crippen LogP contribution is -2.37. The highest BCUT2D eigenvalue weighted by atomic mass is 15.1. The minimum Gasteiger partial charge on any atom is -0.385 e. The van der Waals surface area contributed by atoms with E-state index in [9.17, 15) is 0 Å². The van der Waals surface area contributed by atoms with Crippen LogP contribution in [0.1, 0.15) is 32.9 Å². The number of fused-ring (bicyclic) bond motifs is 1. The van der Waals surface area contributed by atoms with E-state index in [0.29, 0.717) is 12.0 Å². The summed E-state index contributed by atoms with van der Waals surface area (Å²) in [5.74, 6) is 0.620. The van der Waals surface area contributed by atoms with Gasteiger partial charge in [0.05, 0.1) is 11.0 Å². The number of aromatic amines is 1. The normalized spacial score (nSPS) is 16.4. The summed E-state index contributed by atoms with van der Waals surface area (Å²) in [7, 11) is 0. The van der Waals surface area contributed by atoms with Crippen LogP contribution in [0.3, 0.4) is 0 Å². The van der Waals surface area contributed by atoms with Gasteiger partial charge in [0, 0.05) is 23.4 Å². The zero-order valence-electron chi connectivity index (χ0n) is 11.0. The largest absolute Gasteiger partial charge is 0.385 e. The molecule has 2 N–H and O–H groups in total. The molecule has 3 nitrogen and oxygen atoms in total. The van der Waals surface area contributed by atoms with Crippen LogP contribution in [0.25, 0.3) is 11.8 Å². The fourth-order valence-electron chi connectivity index (χ4n) is 1.98. The second-order valence-electron chi connectivity index (χ2n) is 5.05. The van der Waals surface area contributed by atoms with Crippen LogP contribution in [0.2, 0.25) is 0 Å². The molecule has 0 aromatic carbocycles. The van der Waals surface area contributed by atoms with E-state index >= 15 is 0 Å². The summed E-state index contributed by atoms with van der Waals surface area (Å²) in [5, 5.41) is 13.3. The maximum atomic E-state index is 4.29. The molecule has 1 aromatic rings. The lowest BCUT2D eigenvalue weighted by atomic mass is 10.1.